The van der Waals surface area contributed by atoms with Gasteiger partial charge in [0.05, 0.1) is 34.1 Å². The first-order chi connectivity index (χ1) is 41.4. The lowest BCUT2D eigenvalue weighted by molar-refractivity contribution is 0.626. The molecule has 0 bridgehead atoms. The molecule has 5 aliphatic rings. The summed E-state index contributed by atoms with van der Waals surface area (Å²) in [6.07, 6.45) is 28.6. The van der Waals surface area contributed by atoms with Crippen molar-refractivity contribution in [1.82, 2.24) is 0 Å². The minimum absolute atomic E-state index is 0.368. The fraction of sp³-hybridized carbons (Fsp3) is 0.190. The van der Waals surface area contributed by atoms with Crippen molar-refractivity contribution in [2.45, 2.75) is 98.3 Å². The highest BCUT2D eigenvalue weighted by Crippen LogP contribution is 2.59. The highest BCUT2D eigenvalue weighted by molar-refractivity contribution is 6.15. The third-order valence-corrected chi connectivity index (χ3v) is 16.8. The van der Waals surface area contributed by atoms with Gasteiger partial charge in [-0.15, -0.1) is 0 Å². The molecular weight excluding hydrogens is 1030 g/mol. The highest BCUT2D eigenvalue weighted by atomic mass is 15.2. The van der Waals surface area contributed by atoms with Gasteiger partial charge in [-0.1, -0.05) is 237 Å². The van der Waals surface area contributed by atoms with Crippen molar-refractivity contribution in [3.8, 4) is 11.1 Å². The molecule has 12 rings (SSSR count). The summed E-state index contributed by atoms with van der Waals surface area (Å²) >= 11 is 0. The average molecular weight is 1110 g/mol. The fourth-order valence-corrected chi connectivity index (χ4v) is 12.5. The Morgan fingerprint density at radius 2 is 0.847 bits per heavy atom. The number of allylic oxidation sites excluding steroid dienone is 10. The van der Waals surface area contributed by atoms with Gasteiger partial charge < -0.3 is 9.80 Å². The van der Waals surface area contributed by atoms with Crippen LogP contribution in [0.1, 0.15) is 126 Å². The summed E-state index contributed by atoms with van der Waals surface area (Å²) in [6.45, 7) is 26.7. The Hall–Kier alpha value is -9.52. The number of benzene rings is 7. The van der Waals surface area contributed by atoms with Gasteiger partial charge in [-0.3, -0.25) is 0 Å². The lowest BCUT2D eigenvalue weighted by Crippen LogP contribution is -2.33. The molecule has 6 nitrogen and oxygen atoms in total. The molecule has 0 saturated heterocycles. The predicted octanol–water partition coefficient (Wildman–Crippen LogP) is 21.3. The van der Waals surface area contributed by atoms with E-state index in [0.29, 0.717) is 23.1 Å². The van der Waals surface area contributed by atoms with E-state index in [1.807, 2.05) is 39.0 Å². The Kier molecular flexibility index (Phi) is 16.7. The molecule has 85 heavy (non-hydrogen) atoms. The van der Waals surface area contributed by atoms with E-state index in [2.05, 4.69) is 270 Å². The minimum atomic E-state index is -0.368. The fourth-order valence-electron chi connectivity index (χ4n) is 12.5. The minimum Gasteiger partial charge on any atom is -0.310 e. The van der Waals surface area contributed by atoms with Crippen molar-refractivity contribution in [2.75, 3.05) is 9.80 Å². The summed E-state index contributed by atoms with van der Waals surface area (Å²) < 4.78 is 0. The molecule has 0 spiro atoms. The van der Waals surface area contributed by atoms with Crippen LogP contribution < -0.4 is 9.80 Å². The van der Waals surface area contributed by atoms with E-state index >= 15 is 0 Å². The predicted molar refractivity (Wildman–Crippen MR) is 365 cm³/mol. The van der Waals surface area contributed by atoms with E-state index in [-0.39, 0.29) is 10.8 Å². The number of para-hydroxylation sites is 2. The Morgan fingerprint density at radius 3 is 1.32 bits per heavy atom. The van der Waals surface area contributed by atoms with Crippen LogP contribution >= 0.6 is 0 Å². The van der Waals surface area contributed by atoms with Crippen LogP contribution in [-0.2, 0) is 10.8 Å². The van der Waals surface area contributed by atoms with Crippen LogP contribution in [0.4, 0.5) is 34.1 Å². The van der Waals surface area contributed by atoms with E-state index in [1.54, 1.807) is 0 Å². The molecule has 6 heteroatoms. The summed E-state index contributed by atoms with van der Waals surface area (Å²) in [5.74, 6) is 1.34. The number of nitrogens with zero attached hydrogens (tertiary/aromatic N) is 6. The van der Waals surface area contributed by atoms with Gasteiger partial charge in [-0.05, 0) is 150 Å². The van der Waals surface area contributed by atoms with Crippen LogP contribution in [0.2, 0.25) is 0 Å². The largest absolute Gasteiger partial charge is 0.310 e. The molecule has 0 N–H and O–H groups in total. The molecule has 2 aliphatic heterocycles. The quantitative estimate of drug-likeness (QED) is 0.0957. The van der Waals surface area contributed by atoms with Crippen LogP contribution in [0, 0.1) is 0 Å². The lowest BCUT2D eigenvalue weighted by atomic mass is 9.67. The first kappa shape index (κ1) is 57.3. The maximum Gasteiger partial charge on any atom is 0.159 e. The van der Waals surface area contributed by atoms with Crippen molar-refractivity contribution in [1.29, 1.82) is 0 Å². The number of aliphatic imine (C=N–C) groups is 4. The zero-order valence-corrected chi connectivity index (χ0v) is 50.6. The van der Waals surface area contributed by atoms with Gasteiger partial charge in [-0.2, -0.15) is 0 Å². The summed E-state index contributed by atoms with van der Waals surface area (Å²) in [7, 11) is 0. The molecule has 422 valence electrons. The number of rotatable bonds is 11. The topological polar surface area (TPSA) is 55.9 Å². The molecule has 0 atom stereocenters. The number of anilines is 6. The van der Waals surface area contributed by atoms with Crippen molar-refractivity contribution in [3.05, 3.63) is 299 Å². The van der Waals surface area contributed by atoms with Crippen molar-refractivity contribution < 1.29 is 0 Å². The summed E-state index contributed by atoms with van der Waals surface area (Å²) in [5.41, 5.74) is 22.7. The highest BCUT2D eigenvalue weighted by Gasteiger charge is 2.43. The van der Waals surface area contributed by atoms with Gasteiger partial charge >= 0.3 is 0 Å². The van der Waals surface area contributed by atoms with Crippen molar-refractivity contribution in [2.24, 2.45) is 20.0 Å². The van der Waals surface area contributed by atoms with Gasteiger partial charge in [0.15, 0.2) is 11.7 Å². The van der Waals surface area contributed by atoms with E-state index in [4.69, 9.17) is 20.0 Å². The molecular formula is C79H76N6. The third-order valence-electron chi connectivity index (χ3n) is 16.8. The van der Waals surface area contributed by atoms with Crippen LogP contribution in [0.5, 0.6) is 0 Å². The maximum absolute atomic E-state index is 5.16. The summed E-state index contributed by atoms with van der Waals surface area (Å²) in [5, 5.41) is 0. The van der Waals surface area contributed by atoms with Gasteiger partial charge in [-0.25, -0.2) is 20.0 Å². The average Bonchev–Trinajstić information content (AvgIpc) is 1.02. The molecule has 7 aromatic carbocycles. The Balaban J connectivity index is 0.00000372. The monoisotopic (exact) mass is 1110 g/mol. The van der Waals surface area contributed by atoms with E-state index in [0.717, 1.165) is 111 Å². The molecule has 0 aromatic heterocycles. The van der Waals surface area contributed by atoms with Crippen molar-refractivity contribution >= 4 is 68.6 Å². The second kappa shape index (κ2) is 24.7. The van der Waals surface area contributed by atoms with Crippen LogP contribution in [0.15, 0.2) is 280 Å². The normalized spacial score (nSPS) is 16.8. The first-order valence-electron chi connectivity index (χ1n) is 30.1. The van der Waals surface area contributed by atoms with Crippen molar-refractivity contribution in [3.63, 3.8) is 0 Å². The number of hydrogen-bond donors (Lipinski definition) is 0. The molecule has 0 saturated carbocycles. The first-order valence-corrected chi connectivity index (χ1v) is 30.1. The molecule has 0 radical (unpaired) electrons. The standard InChI is InChI=1S/C77H70N6.C2H6/c1-52(56-28-14-9-10-15-29-56)78-74(60-32-18-12-19-33-60)80-54(3)58-44-48-62(49-45-58)82-68-40-24-22-38-66(68)76(5,6)72-64(36-26-42-70(72)82)65-37-27-43-71-73(65)77(7,8)67-39-23-25-41-69(67)83(71)63-50-46-59(47-51-63)55(4)81-75(61-34-20-13-21-35-61)79-53(2)57-30-16-11-17-31-57;1-2/h9,11,14-18,20,22-51H,3-4,10,12-13,19,21H2,1-2,5-8H3;1-2H3. The number of hydrogen-bond acceptors (Lipinski definition) is 4. The van der Waals surface area contributed by atoms with E-state index in [9.17, 15) is 0 Å². The second-order valence-electron chi connectivity index (χ2n) is 22.9. The Morgan fingerprint density at radius 1 is 0.412 bits per heavy atom. The van der Waals surface area contributed by atoms with Crippen LogP contribution in [0.3, 0.4) is 0 Å². The molecule has 3 aliphatic carbocycles. The molecule has 0 fully saturated rings. The van der Waals surface area contributed by atoms with Crippen LogP contribution in [-0.4, -0.2) is 23.1 Å². The SMILES string of the molecule is C=C(N=C(N=C(C)C1=CC=CCC=C1)C1=CCCC=C1)c1ccc(N2c3ccccc3C(C)(C)c3c(-c4cccc5c4C(C)(C)c4ccccc4N5c4ccc(C(=C)N=C(N=C(C)c5ccccc5)C5=CCCC=C5)cc4)cccc32)cc1.CC. The zero-order valence-electron chi connectivity index (χ0n) is 50.6. The molecule has 0 amide bonds. The van der Waals surface area contributed by atoms with Gasteiger partial charge in [0, 0.05) is 44.8 Å². The maximum atomic E-state index is 5.16. The number of amidine groups is 2. The van der Waals surface area contributed by atoms with Gasteiger partial charge in [0.25, 0.3) is 0 Å². The zero-order chi connectivity index (χ0) is 59.2. The Bertz CT molecular complexity index is 4080. The van der Waals surface area contributed by atoms with E-state index in [1.165, 1.54) is 33.4 Å². The summed E-state index contributed by atoms with van der Waals surface area (Å²) in [6, 6.07) is 59.3. The number of fused-ring (bicyclic) bond motifs is 4. The molecule has 7 aromatic rings. The third kappa shape index (κ3) is 11.4. The van der Waals surface area contributed by atoms with Gasteiger partial charge in [0.2, 0.25) is 0 Å². The van der Waals surface area contributed by atoms with Crippen LogP contribution in [0.25, 0.3) is 22.5 Å². The molecule has 2 heterocycles. The van der Waals surface area contributed by atoms with E-state index < -0.39 is 0 Å². The van der Waals surface area contributed by atoms with Gasteiger partial charge in [0.1, 0.15) is 0 Å². The summed E-state index contributed by atoms with van der Waals surface area (Å²) in [4.78, 5) is 25.4. The second-order valence-corrected chi connectivity index (χ2v) is 22.9. The Labute approximate surface area is 504 Å². The lowest BCUT2D eigenvalue weighted by Gasteiger charge is -2.45. The molecule has 0 unspecified atom stereocenters. The smallest absolute Gasteiger partial charge is 0.159 e.